The molecule has 4 nitrogen and oxygen atoms in total. The Hall–Kier alpha value is -0.870. The van der Waals surface area contributed by atoms with Gasteiger partial charge in [-0.25, -0.2) is 0 Å². The lowest BCUT2D eigenvalue weighted by Crippen LogP contribution is -2.28. The van der Waals surface area contributed by atoms with Gasteiger partial charge >= 0.3 is 0 Å². The maximum atomic E-state index is 10.7. The number of nitrogens with zero attached hydrogens (tertiary/aromatic N) is 2. The fourth-order valence-corrected chi connectivity index (χ4v) is 1.58. The third-order valence-electron chi connectivity index (χ3n) is 1.95. The molecule has 5 heteroatoms. The van der Waals surface area contributed by atoms with Crippen molar-refractivity contribution in [3.8, 4) is 0 Å². The number of aliphatic hydroxyl groups is 1. The van der Waals surface area contributed by atoms with E-state index < -0.39 is 5.60 Å². The maximum Gasteiger partial charge on any atom is 0.160 e. The zero-order valence-corrected chi connectivity index (χ0v) is 9.12. The summed E-state index contributed by atoms with van der Waals surface area (Å²) in [5, 5.41) is 14.1. The van der Waals surface area contributed by atoms with Crippen LogP contribution in [0.3, 0.4) is 0 Å². The van der Waals surface area contributed by atoms with Crippen molar-refractivity contribution < 1.29 is 9.90 Å². The fraction of sp³-hybridized carbons (Fsp3) is 0.556. The number of halogens is 1. The Kier molecular flexibility index (Phi) is 2.97. The minimum atomic E-state index is -1.59. The van der Waals surface area contributed by atoms with Crippen LogP contribution in [0.25, 0.3) is 0 Å². The normalized spacial score (nSPS) is 15.6. The Labute approximate surface area is 87.5 Å². The van der Waals surface area contributed by atoms with Gasteiger partial charge < -0.3 is 5.11 Å². The van der Waals surface area contributed by atoms with Crippen molar-refractivity contribution in [2.24, 2.45) is 0 Å². The fourth-order valence-electron chi connectivity index (χ4n) is 1.26. The molecular formula is C9H13ClN2O2. The zero-order chi connectivity index (χ0) is 10.9. The molecule has 78 valence electrons. The van der Waals surface area contributed by atoms with Crippen LogP contribution in [0.15, 0.2) is 6.20 Å². The molecule has 0 aliphatic heterocycles. The van der Waals surface area contributed by atoms with Gasteiger partial charge in [-0.05, 0) is 20.8 Å². The van der Waals surface area contributed by atoms with Gasteiger partial charge in [-0.1, -0.05) is 11.6 Å². The summed E-state index contributed by atoms with van der Waals surface area (Å²) in [4.78, 5) is 10.7. The van der Waals surface area contributed by atoms with Gasteiger partial charge in [0.2, 0.25) is 0 Å². The van der Waals surface area contributed by atoms with Crippen molar-refractivity contribution >= 4 is 17.9 Å². The van der Waals surface area contributed by atoms with Gasteiger partial charge in [0.1, 0.15) is 0 Å². The topological polar surface area (TPSA) is 55.1 Å². The summed E-state index contributed by atoms with van der Waals surface area (Å²) in [6.45, 7) is 5.18. The SMILES string of the molecule is CC(C)n1ncc(Cl)c1C(C)(O)C=O. The van der Waals surface area contributed by atoms with E-state index in [0.717, 1.165) is 0 Å². The minimum absolute atomic E-state index is 0.0453. The van der Waals surface area contributed by atoms with E-state index in [-0.39, 0.29) is 6.04 Å². The Bertz CT molecular complexity index is 345. The molecule has 0 aliphatic rings. The Morgan fingerprint density at radius 2 is 2.29 bits per heavy atom. The maximum absolute atomic E-state index is 10.7. The number of carbonyl (C=O) groups is 1. The summed E-state index contributed by atoms with van der Waals surface area (Å²) < 4.78 is 1.54. The van der Waals surface area contributed by atoms with Gasteiger partial charge in [0.15, 0.2) is 11.9 Å². The van der Waals surface area contributed by atoms with Gasteiger partial charge in [-0.15, -0.1) is 0 Å². The summed E-state index contributed by atoms with van der Waals surface area (Å²) in [5.74, 6) is 0. The van der Waals surface area contributed by atoms with Crippen LogP contribution in [0.1, 0.15) is 32.5 Å². The second kappa shape index (κ2) is 3.71. The van der Waals surface area contributed by atoms with E-state index in [1.54, 1.807) is 0 Å². The first-order valence-electron chi connectivity index (χ1n) is 4.32. The Morgan fingerprint density at radius 3 is 2.71 bits per heavy atom. The van der Waals surface area contributed by atoms with Crippen molar-refractivity contribution in [1.29, 1.82) is 0 Å². The van der Waals surface area contributed by atoms with Crippen LogP contribution in [0.4, 0.5) is 0 Å². The Morgan fingerprint density at radius 1 is 1.71 bits per heavy atom. The van der Waals surface area contributed by atoms with Crippen LogP contribution >= 0.6 is 11.6 Å². The van der Waals surface area contributed by atoms with Crippen LogP contribution in [0.2, 0.25) is 5.02 Å². The van der Waals surface area contributed by atoms with Crippen LogP contribution in [-0.4, -0.2) is 21.2 Å². The molecule has 1 N–H and O–H groups in total. The quantitative estimate of drug-likeness (QED) is 0.780. The van der Waals surface area contributed by atoms with Gasteiger partial charge in [-0.3, -0.25) is 9.48 Å². The highest BCUT2D eigenvalue weighted by atomic mass is 35.5. The standard InChI is InChI=1S/C9H13ClN2O2/c1-6(2)12-8(7(10)4-11-12)9(3,14)5-13/h4-6,14H,1-3H3. The van der Waals surface area contributed by atoms with Gasteiger partial charge in [0, 0.05) is 6.04 Å². The van der Waals surface area contributed by atoms with E-state index in [1.165, 1.54) is 17.8 Å². The second-order valence-electron chi connectivity index (χ2n) is 3.64. The van der Waals surface area contributed by atoms with Crippen molar-refractivity contribution in [2.75, 3.05) is 0 Å². The van der Waals surface area contributed by atoms with E-state index in [2.05, 4.69) is 5.10 Å². The predicted octanol–water partition coefficient (Wildman–Crippen LogP) is 1.52. The van der Waals surface area contributed by atoms with Crippen LogP contribution < -0.4 is 0 Å². The third kappa shape index (κ3) is 1.81. The number of hydrogen-bond donors (Lipinski definition) is 1. The first-order valence-corrected chi connectivity index (χ1v) is 4.70. The molecular weight excluding hydrogens is 204 g/mol. The van der Waals surface area contributed by atoms with Crippen molar-refractivity contribution in [3.05, 3.63) is 16.9 Å². The van der Waals surface area contributed by atoms with E-state index in [1.807, 2.05) is 13.8 Å². The monoisotopic (exact) mass is 216 g/mol. The molecule has 1 atom stereocenters. The first kappa shape index (κ1) is 11.2. The Balaban J connectivity index is 3.31. The first-order chi connectivity index (χ1) is 6.40. The molecule has 1 unspecified atom stereocenters. The second-order valence-corrected chi connectivity index (χ2v) is 4.05. The van der Waals surface area contributed by atoms with Crippen molar-refractivity contribution in [2.45, 2.75) is 32.4 Å². The molecule has 0 amide bonds. The third-order valence-corrected chi connectivity index (χ3v) is 2.23. The molecule has 0 spiro atoms. The summed E-state index contributed by atoms with van der Waals surface area (Å²) in [5.41, 5.74) is -1.25. The molecule has 0 bridgehead atoms. The van der Waals surface area contributed by atoms with Crippen LogP contribution in [0, 0.1) is 0 Å². The molecule has 1 aromatic heterocycles. The number of rotatable bonds is 3. The molecule has 0 radical (unpaired) electrons. The number of carbonyl (C=O) groups excluding carboxylic acids is 1. The van der Waals surface area contributed by atoms with E-state index >= 15 is 0 Å². The summed E-state index contributed by atoms with van der Waals surface area (Å²) in [7, 11) is 0. The van der Waals surface area contributed by atoms with E-state index in [0.29, 0.717) is 17.0 Å². The molecule has 0 saturated heterocycles. The minimum Gasteiger partial charge on any atom is -0.376 e. The van der Waals surface area contributed by atoms with E-state index in [9.17, 15) is 9.90 Å². The van der Waals surface area contributed by atoms with Gasteiger partial charge in [0.05, 0.1) is 16.9 Å². The smallest absolute Gasteiger partial charge is 0.160 e. The number of hydrogen-bond acceptors (Lipinski definition) is 3. The molecule has 1 heterocycles. The summed E-state index contributed by atoms with van der Waals surface area (Å²) in [6, 6.07) is 0.0453. The summed E-state index contributed by atoms with van der Waals surface area (Å²) >= 11 is 5.85. The molecule has 14 heavy (non-hydrogen) atoms. The highest BCUT2D eigenvalue weighted by molar-refractivity contribution is 6.31. The molecule has 0 aliphatic carbocycles. The van der Waals surface area contributed by atoms with E-state index in [4.69, 9.17) is 11.6 Å². The highest BCUT2D eigenvalue weighted by Crippen LogP contribution is 2.28. The lowest BCUT2D eigenvalue weighted by Gasteiger charge is -2.20. The molecule has 1 rings (SSSR count). The zero-order valence-electron chi connectivity index (χ0n) is 8.36. The highest BCUT2D eigenvalue weighted by Gasteiger charge is 2.30. The number of aromatic nitrogens is 2. The number of aldehydes is 1. The molecule has 0 fully saturated rings. The summed E-state index contributed by atoms with van der Waals surface area (Å²) in [6.07, 6.45) is 1.88. The molecule has 1 aromatic rings. The van der Waals surface area contributed by atoms with Crippen molar-refractivity contribution in [1.82, 2.24) is 9.78 Å². The molecule has 0 saturated carbocycles. The van der Waals surface area contributed by atoms with Crippen LogP contribution in [0.5, 0.6) is 0 Å². The van der Waals surface area contributed by atoms with Gasteiger partial charge in [-0.2, -0.15) is 5.10 Å². The lowest BCUT2D eigenvalue weighted by atomic mass is 10.0. The average Bonchev–Trinajstić information content (AvgIpc) is 2.47. The van der Waals surface area contributed by atoms with Crippen LogP contribution in [-0.2, 0) is 10.4 Å². The average molecular weight is 217 g/mol. The van der Waals surface area contributed by atoms with Gasteiger partial charge in [0.25, 0.3) is 0 Å². The predicted molar refractivity (Wildman–Crippen MR) is 53.3 cm³/mol. The largest absolute Gasteiger partial charge is 0.376 e. The molecule has 0 aromatic carbocycles. The van der Waals surface area contributed by atoms with Crippen molar-refractivity contribution in [3.63, 3.8) is 0 Å². The lowest BCUT2D eigenvalue weighted by molar-refractivity contribution is -0.123.